The number of anilines is 1. The van der Waals surface area contributed by atoms with Gasteiger partial charge in [-0.05, 0) is 59.9 Å². The lowest BCUT2D eigenvalue weighted by molar-refractivity contribution is 0.0958. The summed E-state index contributed by atoms with van der Waals surface area (Å²) in [6.45, 7) is 4.18. The largest absolute Gasteiger partial charge is 0.446 e. The minimum Gasteiger partial charge on any atom is -0.446 e. The van der Waals surface area contributed by atoms with Gasteiger partial charge in [0.1, 0.15) is 11.9 Å². The monoisotopic (exact) mass is 363 g/mol. The maximum absolute atomic E-state index is 13.7. The lowest BCUT2D eigenvalue weighted by Gasteiger charge is -2.23. The molecule has 1 unspecified atom stereocenters. The molecule has 1 heterocycles. The molecular formula is C20H26FNO2S. The van der Waals surface area contributed by atoms with E-state index in [1.807, 2.05) is 23.8 Å². The lowest BCUT2D eigenvalue weighted by atomic mass is 10.1. The van der Waals surface area contributed by atoms with Crippen molar-refractivity contribution in [3.63, 3.8) is 0 Å². The van der Waals surface area contributed by atoms with Gasteiger partial charge in [-0.15, -0.1) is 0 Å². The highest BCUT2D eigenvalue weighted by atomic mass is 32.1. The molecule has 0 spiro atoms. The second kappa shape index (κ2) is 9.56. The molecule has 0 N–H and O–H groups in total. The van der Waals surface area contributed by atoms with Crippen LogP contribution in [-0.4, -0.2) is 19.2 Å². The van der Waals surface area contributed by atoms with Crippen LogP contribution in [0.5, 0.6) is 0 Å². The number of benzene rings is 1. The second-order valence-electron chi connectivity index (χ2n) is 6.14. The number of rotatable bonds is 8. The number of halogens is 1. The second-order valence-corrected chi connectivity index (χ2v) is 6.92. The zero-order valence-corrected chi connectivity index (χ0v) is 15.9. The summed E-state index contributed by atoms with van der Waals surface area (Å²) in [6.07, 6.45) is 4.55. The first-order valence-electron chi connectivity index (χ1n) is 8.83. The standard InChI is InChI=1S/C20H26FNO2S/c1-4-6-7-8-17(5-2)24-20(23)22(3)19-10-9-16(21)13-18(19)15-11-12-25-14-15/h9-14,17H,4-8H2,1-3H3. The third-order valence-corrected chi connectivity index (χ3v) is 4.96. The van der Waals surface area contributed by atoms with Crippen LogP contribution in [-0.2, 0) is 4.74 Å². The molecule has 0 saturated carbocycles. The molecule has 0 saturated heterocycles. The summed E-state index contributed by atoms with van der Waals surface area (Å²) >= 11 is 1.54. The van der Waals surface area contributed by atoms with Crippen molar-refractivity contribution in [1.29, 1.82) is 0 Å². The van der Waals surface area contributed by atoms with Gasteiger partial charge in [0.25, 0.3) is 0 Å². The highest BCUT2D eigenvalue weighted by Crippen LogP contribution is 2.33. The van der Waals surface area contributed by atoms with Crippen LogP contribution >= 0.6 is 11.3 Å². The van der Waals surface area contributed by atoms with Crippen LogP contribution in [0.3, 0.4) is 0 Å². The van der Waals surface area contributed by atoms with Gasteiger partial charge in [0.2, 0.25) is 0 Å². The Hall–Kier alpha value is -1.88. The van der Waals surface area contributed by atoms with E-state index >= 15 is 0 Å². The minimum atomic E-state index is -0.397. The molecule has 0 aliphatic carbocycles. The van der Waals surface area contributed by atoms with Crippen molar-refractivity contribution in [3.05, 3.63) is 40.8 Å². The maximum Gasteiger partial charge on any atom is 0.414 e. The molecule has 0 bridgehead atoms. The van der Waals surface area contributed by atoms with Crippen molar-refractivity contribution in [1.82, 2.24) is 0 Å². The maximum atomic E-state index is 13.7. The van der Waals surface area contributed by atoms with Gasteiger partial charge in [0.15, 0.2) is 0 Å². The fourth-order valence-electron chi connectivity index (χ4n) is 2.74. The van der Waals surface area contributed by atoms with E-state index in [0.717, 1.165) is 37.7 Å². The number of nitrogens with zero attached hydrogens (tertiary/aromatic N) is 1. The quantitative estimate of drug-likeness (QED) is 0.502. The molecule has 0 fully saturated rings. The molecule has 0 aliphatic heterocycles. The number of ether oxygens (including phenoxy) is 1. The number of thiophene rings is 1. The predicted molar refractivity (Wildman–Crippen MR) is 103 cm³/mol. The van der Waals surface area contributed by atoms with Crippen molar-refractivity contribution >= 4 is 23.1 Å². The van der Waals surface area contributed by atoms with Crippen LogP contribution in [0.1, 0.15) is 46.0 Å². The third kappa shape index (κ3) is 5.30. The Morgan fingerprint density at radius 3 is 2.72 bits per heavy atom. The van der Waals surface area contributed by atoms with Crippen LogP contribution in [0.25, 0.3) is 11.1 Å². The van der Waals surface area contributed by atoms with Gasteiger partial charge in [0, 0.05) is 12.6 Å². The molecule has 136 valence electrons. The molecule has 0 radical (unpaired) electrons. The van der Waals surface area contributed by atoms with Crippen molar-refractivity contribution in [2.24, 2.45) is 0 Å². The number of unbranched alkanes of at least 4 members (excludes halogenated alkanes) is 2. The number of carbonyl (C=O) groups is 1. The van der Waals surface area contributed by atoms with E-state index in [-0.39, 0.29) is 11.9 Å². The van der Waals surface area contributed by atoms with Crippen molar-refractivity contribution in [2.45, 2.75) is 52.1 Å². The Morgan fingerprint density at radius 1 is 1.28 bits per heavy atom. The highest BCUT2D eigenvalue weighted by molar-refractivity contribution is 7.08. The predicted octanol–water partition coefficient (Wildman–Crippen LogP) is 6.49. The van der Waals surface area contributed by atoms with E-state index in [4.69, 9.17) is 4.74 Å². The Bertz CT molecular complexity index is 672. The number of hydrogen-bond acceptors (Lipinski definition) is 3. The fourth-order valence-corrected chi connectivity index (χ4v) is 3.39. The van der Waals surface area contributed by atoms with Crippen molar-refractivity contribution < 1.29 is 13.9 Å². The number of hydrogen-bond donors (Lipinski definition) is 0. The molecule has 1 amide bonds. The van der Waals surface area contributed by atoms with E-state index in [1.165, 1.54) is 28.4 Å². The van der Waals surface area contributed by atoms with Gasteiger partial charge in [-0.25, -0.2) is 9.18 Å². The fraction of sp³-hybridized carbons (Fsp3) is 0.450. The molecule has 1 aromatic carbocycles. The van der Waals surface area contributed by atoms with Crippen molar-refractivity contribution in [3.8, 4) is 11.1 Å². The molecule has 5 heteroatoms. The van der Waals surface area contributed by atoms with E-state index in [9.17, 15) is 9.18 Å². The van der Waals surface area contributed by atoms with E-state index < -0.39 is 6.09 Å². The average molecular weight is 363 g/mol. The van der Waals surface area contributed by atoms with Gasteiger partial charge in [-0.2, -0.15) is 11.3 Å². The Morgan fingerprint density at radius 2 is 2.08 bits per heavy atom. The van der Waals surface area contributed by atoms with Gasteiger partial charge in [-0.3, -0.25) is 4.90 Å². The lowest BCUT2D eigenvalue weighted by Crippen LogP contribution is -2.31. The first-order chi connectivity index (χ1) is 12.1. The summed E-state index contributed by atoms with van der Waals surface area (Å²) in [7, 11) is 1.67. The topological polar surface area (TPSA) is 29.5 Å². The molecule has 1 aromatic heterocycles. The zero-order chi connectivity index (χ0) is 18.2. The zero-order valence-electron chi connectivity index (χ0n) is 15.1. The summed E-state index contributed by atoms with van der Waals surface area (Å²) in [6, 6.07) is 6.37. The van der Waals surface area contributed by atoms with E-state index in [2.05, 4.69) is 6.92 Å². The first kappa shape index (κ1) is 19.4. The van der Waals surface area contributed by atoms with Crippen LogP contribution < -0.4 is 4.90 Å². The van der Waals surface area contributed by atoms with Crippen molar-refractivity contribution in [2.75, 3.05) is 11.9 Å². The van der Waals surface area contributed by atoms with Crippen LogP contribution in [0, 0.1) is 5.82 Å². The number of amides is 1. The molecule has 25 heavy (non-hydrogen) atoms. The van der Waals surface area contributed by atoms with Gasteiger partial charge in [-0.1, -0.05) is 26.7 Å². The first-order valence-corrected chi connectivity index (χ1v) is 9.77. The highest BCUT2D eigenvalue weighted by Gasteiger charge is 2.20. The third-order valence-electron chi connectivity index (χ3n) is 4.28. The van der Waals surface area contributed by atoms with E-state index in [1.54, 1.807) is 13.1 Å². The Balaban J connectivity index is 2.14. The number of carbonyl (C=O) groups excluding carboxylic acids is 1. The SMILES string of the molecule is CCCCCC(CC)OC(=O)N(C)c1ccc(F)cc1-c1ccsc1. The molecule has 2 rings (SSSR count). The summed E-state index contributed by atoms with van der Waals surface area (Å²) in [5, 5.41) is 3.88. The molecule has 3 nitrogen and oxygen atoms in total. The van der Waals surface area contributed by atoms with Gasteiger partial charge >= 0.3 is 6.09 Å². The van der Waals surface area contributed by atoms with Crippen LogP contribution in [0.2, 0.25) is 0 Å². The summed E-state index contributed by atoms with van der Waals surface area (Å²) < 4.78 is 19.4. The molecular weight excluding hydrogens is 337 g/mol. The summed E-state index contributed by atoms with van der Waals surface area (Å²) in [4.78, 5) is 14.0. The van der Waals surface area contributed by atoms with Crippen LogP contribution in [0.15, 0.2) is 35.0 Å². The molecule has 0 aliphatic rings. The molecule has 2 aromatic rings. The molecule has 1 atom stereocenters. The van der Waals surface area contributed by atoms with Crippen LogP contribution in [0.4, 0.5) is 14.9 Å². The Kier molecular flexibility index (Phi) is 7.44. The minimum absolute atomic E-state index is 0.0773. The van der Waals surface area contributed by atoms with E-state index in [0.29, 0.717) is 11.3 Å². The average Bonchev–Trinajstić information content (AvgIpc) is 3.14. The van der Waals surface area contributed by atoms with Gasteiger partial charge < -0.3 is 4.74 Å². The Labute approximate surface area is 153 Å². The van der Waals surface area contributed by atoms with Gasteiger partial charge in [0.05, 0.1) is 5.69 Å². The summed E-state index contributed by atoms with van der Waals surface area (Å²) in [5.41, 5.74) is 2.24. The summed E-state index contributed by atoms with van der Waals surface area (Å²) in [5.74, 6) is -0.322. The smallest absolute Gasteiger partial charge is 0.414 e. The normalized spacial score (nSPS) is 12.0.